The van der Waals surface area contributed by atoms with E-state index in [0.29, 0.717) is 44.0 Å². The minimum absolute atomic E-state index is 0.0931. The number of likely N-dealkylation sites (tertiary alicyclic amines) is 1. The SMILES string of the molecule is CCOC(=O)C1CCN(CC(=O)N2N=C(c3ccccc3OC)CC2c2ccccc2Cl)CC1. The highest BCUT2D eigenvalue weighted by molar-refractivity contribution is 6.31. The minimum Gasteiger partial charge on any atom is -0.496 e. The van der Waals surface area contributed by atoms with E-state index in [0.717, 1.165) is 22.6 Å². The van der Waals surface area contributed by atoms with Crippen LogP contribution in [0, 0.1) is 5.92 Å². The van der Waals surface area contributed by atoms with E-state index in [9.17, 15) is 9.59 Å². The van der Waals surface area contributed by atoms with Crippen LogP contribution < -0.4 is 4.74 Å². The van der Waals surface area contributed by atoms with Crippen molar-refractivity contribution in [3.8, 4) is 5.75 Å². The molecule has 2 aliphatic rings. The number of methoxy groups -OCH3 is 1. The van der Waals surface area contributed by atoms with Gasteiger partial charge in [-0.3, -0.25) is 14.5 Å². The molecule has 1 unspecified atom stereocenters. The molecule has 7 nitrogen and oxygen atoms in total. The van der Waals surface area contributed by atoms with Crippen molar-refractivity contribution in [3.05, 3.63) is 64.7 Å². The molecule has 0 saturated carbocycles. The normalized spacial score (nSPS) is 19.1. The number of amides is 1. The van der Waals surface area contributed by atoms with Crippen molar-refractivity contribution in [1.29, 1.82) is 0 Å². The van der Waals surface area contributed by atoms with Gasteiger partial charge < -0.3 is 9.47 Å². The van der Waals surface area contributed by atoms with E-state index in [4.69, 9.17) is 26.2 Å². The predicted molar refractivity (Wildman–Crippen MR) is 131 cm³/mol. The maximum atomic E-state index is 13.5. The van der Waals surface area contributed by atoms with Crippen LogP contribution in [-0.2, 0) is 14.3 Å². The largest absolute Gasteiger partial charge is 0.496 e. The lowest BCUT2D eigenvalue weighted by Crippen LogP contribution is -2.43. The van der Waals surface area contributed by atoms with Crippen molar-refractivity contribution in [2.75, 3.05) is 33.4 Å². The Morgan fingerprint density at radius 2 is 1.79 bits per heavy atom. The fourth-order valence-corrected chi connectivity index (χ4v) is 4.89. The van der Waals surface area contributed by atoms with Crippen molar-refractivity contribution >= 4 is 29.2 Å². The predicted octanol–water partition coefficient (Wildman–Crippen LogP) is 4.30. The molecule has 1 saturated heterocycles. The minimum atomic E-state index is -0.293. The number of carbonyl (C=O) groups is 2. The van der Waals surface area contributed by atoms with Gasteiger partial charge in [-0.2, -0.15) is 5.10 Å². The number of para-hydroxylation sites is 1. The average molecular weight is 484 g/mol. The zero-order chi connectivity index (χ0) is 24.1. The van der Waals surface area contributed by atoms with Gasteiger partial charge in [-0.1, -0.05) is 41.9 Å². The van der Waals surface area contributed by atoms with E-state index in [-0.39, 0.29) is 30.4 Å². The van der Waals surface area contributed by atoms with Gasteiger partial charge >= 0.3 is 5.97 Å². The number of rotatable bonds is 7. The van der Waals surface area contributed by atoms with Gasteiger partial charge in [-0.25, -0.2) is 5.01 Å². The maximum Gasteiger partial charge on any atom is 0.309 e. The molecule has 0 aliphatic carbocycles. The Bertz CT molecular complexity index is 1070. The number of carbonyl (C=O) groups excluding carboxylic acids is 2. The highest BCUT2D eigenvalue weighted by Crippen LogP contribution is 2.38. The monoisotopic (exact) mass is 483 g/mol. The smallest absolute Gasteiger partial charge is 0.309 e. The maximum absolute atomic E-state index is 13.5. The third kappa shape index (κ3) is 5.26. The van der Waals surface area contributed by atoms with E-state index >= 15 is 0 Å². The second kappa shape index (κ2) is 11.0. The lowest BCUT2D eigenvalue weighted by atomic mass is 9.96. The standard InChI is InChI=1S/C26H30ClN3O4/c1-3-34-26(32)18-12-14-29(15-13-18)17-25(31)30-23(19-8-4-6-10-21(19)27)16-22(28-30)20-9-5-7-11-24(20)33-2/h4-11,18,23H,3,12-17H2,1-2H3. The number of esters is 1. The van der Waals surface area contributed by atoms with Crippen LogP contribution in [0.5, 0.6) is 5.75 Å². The molecule has 0 N–H and O–H groups in total. The van der Waals surface area contributed by atoms with Gasteiger partial charge in [0.1, 0.15) is 5.75 Å². The summed E-state index contributed by atoms with van der Waals surface area (Å²) in [4.78, 5) is 27.6. The Labute approximate surface area is 205 Å². The average Bonchev–Trinajstić information content (AvgIpc) is 3.30. The number of hydrogen-bond acceptors (Lipinski definition) is 6. The van der Waals surface area contributed by atoms with Crippen LogP contribution >= 0.6 is 11.6 Å². The number of piperidine rings is 1. The van der Waals surface area contributed by atoms with E-state index in [2.05, 4.69) is 4.90 Å². The Morgan fingerprint density at radius 3 is 2.50 bits per heavy atom. The van der Waals surface area contributed by atoms with Crippen LogP contribution in [-0.4, -0.2) is 60.8 Å². The van der Waals surface area contributed by atoms with Gasteiger partial charge in [0.2, 0.25) is 0 Å². The zero-order valence-electron chi connectivity index (χ0n) is 19.6. The summed E-state index contributed by atoms with van der Waals surface area (Å²) >= 11 is 6.52. The van der Waals surface area contributed by atoms with Crippen LogP contribution in [0.3, 0.4) is 0 Å². The Morgan fingerprint density at radius 1 is 1.09 bits per heavy atom. The molecule has 0 radical (unpaired) electrons. The summed E-state index contributed by atoms with van der Waals surface area (Å²) in [5.74, 6) is 0.390. The summed E-state index contributed by atoms with van der Waals surface area (Å²) < 4.78 is 10.7. The summed E-state index contributed by atoms with van der Waals surface area (Å²) in [6, 6.07) is 15.0. The second-order valence-electron chi connectivity index (χ2n) is 8.53. The Balaban J connectivity index is 1.53. The quantitative estimate of drug-likeness (QED) is 0.549. The lowest BCUT2D eigenvalue weighted by molar-refractivity contribution is -0.149. The van der Waals surface area contributed by atoms with Gasteiger partial charge in [-0.05, 0) is 56.6 Å². The summed E-state index contributed by atoms with van der Waals surface area (Å²) in [7, 11) is 1.63. The molecule has 1 atom stereocenters. The number of nitrogens with zero attached hydrogens (tertiary/aromatic N) is 3. The van der Waals surface area contributed by atoms with Crippen molar-refractivity contribution in [2.24, 2.45) is 11.0 Å². The first kappa shape index (κ1) is 24.2. The molecular weight excluding hydrogens is 454 g/mol. The van der Waals surface area contributed by atoms with E-state index in [1.54, 1.807) is 12.1 Å². The summed E-state index contributed by atoms with van der Waals surface area (Å²) in [6.07, 6.45) is 1.92. The third-order valence-electron chi connectivity index (χ3n) is 6.41. The number of benzene rings is 2. The van der Waals surface area contributed by atoms with Gasteiger partial charge in [0.05, 0.1) is 37.9 Å². The molecule has 4 rings (SSSR count). The molecule has 2 heterocycles. The first-order valence-corrected chi connectivity index (χ1v) is 12.1. The van der Waals surface area contributed by atoms with Gasteiger partial charge in [0.15, 0.2) is 0 Å². The van der Waals surface area contributed by atoms with Gasteiger partial charge in [-0.15, -0.1) is 0 Å². The van der Waals surface area contributed by atoms with E-state index in [1.165, 1.54) is 0 Å². The zero-order valence-corrected chi connectivity index (χ0v) is 20.3. The van der Waals surface area contributed by atoms with Crippen LogP contribution in [0.4, 0.5) is 0 Å². The molecule has 180 valence electrons. The van der Waals surface area contributed by atoms with E-state index < -0.39 is 0 Å². The molecule has 2 aromatic rings. The lowest BCUT2D eigenvalue weighted by Gasteiger charge is -2.32. The molecular formula is C26H30ClN3O4. The number of halogens is 1. The van der Waals surface area contributed by atoms with Gasteiger partial charge in [0, 0.05) is 17.0 Å². The third-order valence-corrected chi connectivity index (χ3v) is 6.76. The summed E-state index contributed by atoms with van der Waals surface area (Å²) in [6.45, 7) is 3.78. The fraction of sp³-hybridized carbons (Fsp3) is 0.423. The van der Waals surface area contributed by atoms with Crippen LogP contribution in [0.2, 0.25) is 5.02 Å². The van der Waals surface area contributed by atoms with Crippen molar-refractivity contribution in [2.45, 2.75) is 32.2 Å². The highest BCUT2D eigenvalue weighted by atomic mass is 35.5. The summed E-state index contributed by atoms with van der Waals surface area (Å²) in [5, 5.41) is 6.94. The molecule has 8 heteroatoms. The summed E-state index contributed by atoms with van der Waals surface area (Å²) in [5.41, 5.74) is 2.52. The highest BCUT2D eigenvalue weighted by Gasteiger charge is 2.36. The van der Waals surface area contributed by atoms with Crippen molar-refractivity contribution in [3.63, 3.8) is 0 Å². The molecule has 0 bridgehead atoms. The first-order valence-electron chi connectivity index (χ1n) is 11.7. The molecule has 0 aromatic heterocycles. The number of hydrogen-bond donors (Lipinski definition) is 0. The Kier molecular flexibility index (Phi) is 7.85. The van der Waals surface area contributed by atoms with Gasteiger partial charge in [0.25, 0.3) is 5.91 Å². The molecule has 1 amide bonds. The van der Waals surface area contributed by atoms with Crippen LogP contribution in [0.1, 0.15) is 43.4 Å². The van der Waals surface area contributed by atoms with Crippen molar-refractivity contribution < 1.29 is 19.1 Å². The van der Waals surface area contributed by atoms with Crippen LogP contribution in [0.15, 0.2) is 53.6 Å². The number of hydrazone groups is 1. The Hall–Kier alpha value is -2.90. The van der Waals surface area contributed by atoms with Crippen LogP contribution in [0.25, 0.3) is 0 Å². The topological polar surface area (TPSA) is 71.4 Å². The van der Waals surface area contributed by atoms with Crippen molar-refractivity contribution in [1.82, 2.24) is 9.91 Å². The van der Waals surface area contributed by atoms with E-state index in [1.807, 2.05) is 55.5 Å². The molecule has 1 fully saturated rings. The number of ether oxygens (including phenoxy) is 2. The molecule has 2 aliphatic heterocycles. The molecule has 0 spiro atoms. The fourth-order valence-electron chi connectivity index (χ4n) is 4.62. The molecule has 2 aromatic carbocycles. The molecule has 34 heavy (non-hydrogen) atoms. The first-order chi connectivity index (χ1) is 16.5. The second-order valence-corrected chi connectivity index (χ2v) is 8.94.